The van der Waals surface area contributed by atoms with Crippen molar-refractivity contribution in [2.75, 3.05) is 69.1 Å². The quantitative estimate of drug-likeness (QED) is 0.170. The number of anilines is 2. The van der Waals surface area contributed by atoms with Gasteiger partial charge in [-0.3, -0.25) is 50.4 Å². The first-order valence-corrected chi connectivity index (χ1v) is 25.3. The number of piperazine rings is 1. The van der Waals surface area contributed by atoms with Crippen LogP contribution in [-0.2, 0) is 14.4 Å². The number of hydrazine groups is 1. The van der Waals surface area contributed by atoms with Gasteiger partial charge in [0.2, 0.25) is 17.7 Å². The Labute approximate surface area is 394 Å². The van der Waals surface area contributed by atoms with Gasteiger partial charge >= 0.3 is 0 Å². The first-order chi connectivity index (χ1) is 31.9. The van der Waals surface area contributed by atoms with Crippen molar-refractivity contribution in [1.82, 2.24) is 41.1 Å². The monoisotopic (exact) mass is 925 g/mol. The number of amides is 4. The van der Waals surface area contributed by atoms with Gasteiger partial charge in [-0.05, 0) is 143 Å². The molecule has 4 amide bonds. The number of piperidine rings is 3. The van der Waals surface area contributed by atoms with Crippen LogP contribution in [0.15, 0.2) is 54.6 Å². The van der Waals surface area contributed by atoms with Gasteiger partial charge in [0.15, 0.2) is 0 Å². The number of hydrogen-bond acceptors (Lipinski definition) is 12. The van der Waals surface area contributed by atoms with Gasteiger partial charge in [-0.2, -0.15) is 5.01 Å². The highest BCUT2D eigenvalue weighted by atomic mass is 35.5. The van der Waals surface area contributed by atoms with Crippen molar-refractivity contribution in [2.24, 2.45) is 17.3 Å². The minimum Gasteiger partial charge on any atom is -0.389 e. The highest BCUT2D eigenvalue weighted by molar-refractivity contribution is 6.32. The summed E-state index contributed by atoms with van der Waals surface area (Å²) < 4.78 is 0. The molecule has 10 rings (SSSR count). The number of imide groups is 1. The number of allylic oxidation sites excluding steroid dienone is 1. The van der Waals surface area contributed by atoms with Crippen LogP contribution in [0, 0.1) is 17.3 Å². The molecule has 7 heterocycles. The molecular formula is C50H69ClN10O5. The Balaban J connectivity index is 0.667. The molecule has 1 aliphatic carbocycles. The van der Waals surface area contributed by atoms with Crippen LogP contribution < -0.4 is 31.5 Å². The first kappa shape index (κ1) is 45.7. The number of rotatable bonds is 7. The molecule has 0 aromatic heterocycles. The van der Waals surface area contributed by atoms with Crippen LogP contribution in [0.25, 0.3) is 0 Å². The van der Waals surface area contributed by atoms with Gasteiger partial charge < -0.3 is 20.2 Å². The molecule has 2 bridgehead atoms. The number of nitrogens with one attached hydrogen (secondary N) is 5. The van der Waals surface area contributed by atoms with Crippen molar-refractivity contribution in [1.29, 1.82) is 0 Å². The van der Waals surface area contributed by atoms with Crippen molar-refractivity contribution >= 4 is 46.6 Å². The third kappa shape index (κ3) is 9.50. The lowest BCUT2D eigenvalue weighted by molar-refractivity contribution is -0.146. The number of aliphatic hydroxyl groups is 1. The predicted molar refractivity (Wildman–Crippen MR) is 254 cm³/mol. The van der Waals surface area contributed by atoms with Crippen LogP contribution >= 0.6 is 11.6 Å². The molecule has 0 radical (unpaired) electrons. The highest BCUT2D eigenvalue weighted by Crippen LogP contribution is 2.47. The number of likely N-dealkylation sites (tertiary alicyclic amines) is 1. The van der Waals surface area contributed by atoms with Gasteiger partial charge in [0.05, 0.1) is 36.3 Å². The molecule has 2 aromatic carbocycles. The van der Waals surface area contributed by atoms with Gasteiger partial charge in [-0.15, -0.1) is 0 Å². The topological polar surface area (TPSA) is 165 Å². The predicted octanol–water partition coefficient (Wildman–Crippen LogP) is 4.55. The maximum atomic E-state index is 13.8. The number of hydrogen-bond donors (Lipinski definition) is 6. The van der Waals surface area contributed by atoms with Crippen molar-refractivity contribution in [3.05, 3.63) is 70.8 Å². The van der Waals surface area contributed by atoms with Crippen molar-refractivity contribution < 1.29 is 24.3 Å². The van der Waals surface area contributed by atoms with E-state index >= 15 is 0 Å². The summed E-state index contributed by atoms with van der Waals surface area (Å²) in [6.07, 6.45) is 15.8. The molecular weight excluding hydrogens is 856 g/mol. The molecule has 16 heteroatoms. The summed E-state index contributed by atoms with van der Waals surface area (Å²) in [6.45, 7) is 9.84. The highest BCUT2D eigenvalue weighted by Gasteiger charge is 2.53. The van der Waals surface area contributed by atoms with Crippen molar-refractivity contribution in [3.8, 4) is 0 Å². The lowest BCUT2D eigenvalue weighted by atomic mass is 9.65. The zero-order valence-electron chi connectivity index (χ0n) is 38.5. The lowest BCUT2D eigenvalue weighted by Gasteiger charge is -2.47. The number of carbonyl (C=O) groups is 4. The van der Waals surface area contributed by atoms with Crippen LogP contribution in [0.2, 0.25) is 5.02 Å². The molecule has 8 aliphatic rings. The smallest absolute Gasteiger partial charge is 0.253 e. The zero-order valence-corrected chi connectivity index (χ0v) is 39.2. The molecule has 1 saturated carbocycles. The Hall–Kier alpha value is -4.09. The summed E-state index contributed by atoms with van der Waals surface area (Å²) in [7, 11) is 0. The first-order valence-electron chi connectivity index (χ1n) is 24.9. The van der Waals surface area contributed by atoms with Crippen molar-refractivity contribution in [3.63, 3.8) is 0 Å². The van der Waals surface area contributed by atoms with E-state index in [-0.39, 0.29) is 60.6 Å². The van der Waals surface area contributed by atoms with Gasteiger partial charge in [-0.1, -0.05) is 23.8 Å². The fourth-order valence-corrected chi connectivity index (χ4v) is 12.7. The number of benzene rings is 2. The lowest BCUT2D eigenvalue weighted by Crippen LogP contribution is -2.69. The number of fused-ring (bicyclic) bond motifs is 6. The third-order valence-electron chi connectivity index (χ3n) is 16.7. The standard InChI is InChI=1S/C50H69ClN10O5/c1-49(66)18-3-2-4-23-60-47(65)39-31-52-48(56-44(39)61(60)42-7-5-6-41(49)54-42)53-35-9-11-36(12-10-35)58-28-26-57(27-29-58)32-33-16-19-50(20-17-33)21-24-59(25-22-50)46(64)34-8-14-40(51)38(30-34)37-13-15-43(62)55-45(37)63/h2,4,8-12,14,30,33,37,39,41-42,44,48,52-54,56,66H,3,5-7,13,15-29,31-32H2,1H3,(H,55,62,63)/b4-2-/t37?,39?,41?,42?,44?,48?,49-/m1/s1. The third-order valence-corrected chi connectivity index (χ3v) is 17.0. The Morgan fingerprint density at radius 3 is 2.41 bits per heavy atom. The van der Waals surface area contributed by atoms with Crippen LogP contribution in [-0.4, -0.2) is 138 Å². The molecule has 6 unspecified atom stereocenters. The van der Waals surface area contributed by atoms with E-state index in [2.05, 4.69) is 77.8 Å². The van der Waals surface area contributed by atoms with E-state index in [0.29, 0.717) is 53.4 Å². The Bertz CT molecular complexity index is 2150. The zero-order chi connectivity index (χ0) is 45.6. The van der Waals surface area contributed by atoms with Gasteiger partial charge in [0.1, 0.15) is 6.29 Å². The SMILES string of the molecule is C[C@@]1(O)CC/C=C\CN2C(=O)C3CNC(Nc4ccc(N5CCN(CC6CCC7(CC6)CCN(C(=O)c6ccc(Cl)c(C8CCC(=O)NC8=O)c6)CC7)CC5)cc4)NC3N2C2CCCC1N2. The average Bonchev–Trinajstić information content (AvgIpc) is 3.59. The second-order valence-electron chi connectivity index (χ2n) is 20.8. The van der Waals surface area contributed by atoms with Crippen LogP contribution in [0.5, 0.6) is 0 Å². The minimum atomic E-state index is -0.808. The van der Waals surface area contributed by atoms with Gasteiger partial charge in [0.25, 0.3) is 5.91 Å². The summed E-state index contributed by atoms with van der Waals surface area (Å²) in [5, 5.41) is 33.1. The van der Waals surface area contributed by atoms with E-state index in [9.17, 15) is 24.3 Å². The summed E-state index contributed by atoms with van der Waals surface area (Å²) in [4.78, 5) is 58.9. The number of nitrogens with zero attached hydrogens (tertiary/aromatic N) is 5. The van der Waals surface area contributed by atoms with E-state index in [1.165, 1.54) is 31.4 Å². The molecule has 15 nitrogen and oxygen atoms in total. The largest absolute Gasteiger partial charge is 0.389 e. The van der Waals surface area contributed by atoms with E-state index in [1.54, 1.807) is 18.2 Å². The van der Waals surface area contributed by atoms with Crippen LogP contribution in [0.3, 0.4) is 0 Å². The molecule has 6 saturated heterocycles. The molecule has 6 N–H and O–H groups in total. The molecule has 356 valence electrons. The number of halogens is 1. The molecule has 66 heavy (non-hydrogen) atoms. The van der Waals surface area contributed by atoms with Crippen LogP contribution in [0.4, 0.5) is 11.4 Å². The molecule has 1 spiro atoms. The average molecular weight is 926 g/mol. The van der Waals surface area contributed by atoms with Crippen molar-refractivity contribution in [2.45, 2.75) is 127 Å². The van der Waals surface area contributed by atoms with Gasteiger partial charge in [0, 0.05) is 86.8 Å². The summed E-state index contributed by atoms with van der Waals surface area (Å²) >= 11 is 6.49. The summed E-state index contributed by atoms with van der Waals surface area (Å²) in [5.74, 6) is -0.504. The van der Waals surface area contributed by atoms with Gasteiger partial charge in [-0.25, -0.2) is 0 Å². The fourth-order valence-electron chi connectivity index (χ4n) is 12.5. The maximum absolute atomic E-state index is 13.8. The molecule has 7 fully saturated rings. The second kappa shape index (κ2) is 19.1. The second-order valence-corrected chi connectivity index (χ2v) is 21.3. The maximum Gasteiger partial charge on any atom is 0.253 e. The Morgan fingerprint density at radius 2 is 1.65 bits per heavy atom. The van der Waals surface area contributed by atoms with E-state index < -0.39 is 11.5 Å². The summed E-state index contributed by atoms with van der Waals surface area (Å²) in [5.41, 5.74) is 2.94. The van der Waals surface area contributed by atoms with Crippen LogP contribution in [0.1, 0.15) is 112 Å². The Kier molecular flexibility index (Phi) is 13.2. The Morgan fingerprint density at radius 1 is 0.879 bits per heavy atom. The molecule has 7 aliphatic heterocycles. The normalized spacial score (nSPS) is 32.9. The molecule has 7 atom stereocenters. The van der Waals surface area contributed by atoms with E-state index in [1.807, 2.05) is 16.8 Å². The van der Waals surface area contributed by atoms with E-state index in [4.69, 9.17) is 11.6 Å². The molecule has 2 aromatic rings. The number of carbonyl (C=O) groups excluding carboxylic acids is 4. The van der Waals surface area contributed by atoms with E-state index in [0.717, 1.165) is 90.0 Å². The minimum absolute atomic E-state index is 0.0112. The fraction of sp³-hybridized carbons (Fsp3) is 0.640. The summed E-state index contributed by atoms with van der Waals surface area (Å²) in [6, 6.07) is 14.0.